The molecule has 1 amide bonds. The number of carbonyl (C=O) groups is 1. The summed E-state index contributed by atoms with van der Waals surface area (Å²) < 4.78 is 0.711. The number of benzene rings is 1. The van der Waals surface area contributed by atoms with E-state index in [4.69, 9.17) is 16.7 Å². The van der Waals surface area contributed by atoms with Crippen LogP contribution in [0, 0.1) is 5.41 Å². The first-order valence-corrected chi connectivity index (χ1v) is 7.37. The highest BCUT2D eigenvalue weighted by atomic mass is 79.9. The molecule has 2 N–H and O–H groups in total. The van der Waals surface area contributed by atoms with Gasteiger partial charge in [0.1, 0.15) is 0 Å². The number of aliphatic hydroxyl groups excluding tert-OH is 1. The maximum Gasteiger partial charge on any atom is 0.252 e. The summed E-state index contributed by atoms with van der Waals surface area (Å²) in [5, 5.41) is 12.4. The van der Waals surface area contributed by atoms with Gasteiger partial charge >= 0.3 is 0 Å². The van der Waals surface area contributed by atoms with E-state index < -0.39 is 0 Å². The molecule has 1 aromatic carbocycles. The van der Waals surface area contributed by atoms with Crippen molar-refractivity contribution in [3.63, 3.8) is 0 Å². The van der Waals surface area contributed by atoms with Gasteiger partial charge in [-0.05, 0) is 46.3 Å². The zero-order chi connectivity index (χ0) is 14.5. The van der Waals surface area contributed by atoms with E-state index in [1.165, 1.54) is 0 Å². The van der Waals surface area contributed by atoms with Crippen LogP contribution < -0.4 is 5.32 Å². The zero-order valence-corrected chi connectivity index (χ0v) is 13.5. The first kappa shape index (κ1) is 16.5. The van der Waals surface area contributed by atoms with E-state index in [9.17, 15) is 4.79 Å². The minimum Gasteiger partial charge on any atom is -0.396 e. The molecule has 0 heterocycles. The van der Waals surface area contributed by atoms with Crippen LogP contribution in [0.4, 0.5) is 0 Å². The minimum absolute atomic E-state index is 0.0991. The Morgan fingerprint density at radius 1 is 1.47 bits per heavy atom. The van der Waals surface area contributed by atoms with Crippen LogP contribution in [0.1, 0.15) is 37.0 Å². The van der Waals surface area contributed by atoms with Crippen molar-refractivity contribution < 1.29 is 9.90 Å². The number of halogens is 2. The molecular formula is C14H19BrClNO2. The van der Waals surface area contributed by atoms with Crippen molar-refractivity contribution in [2.24, 2.45) is 5.41 Å². The van der Waals surface area contributed by atoms with Gasteiger partial charge in [0.15, 0.2) is 0 Å². The Morgan fingerprint density at radius 3 is 2.79 bits per heavy atom. The minimum atomic E-state index is -0.173. The second-order valence-corrected chi connectivity index (χ2v) is 6.52. The summed E-state index contributed by atoms with van der Waals surface area (Å²) in [6.07, 6.45) is 1.68. The first-order valence-electron chi connectivity index (χ1n) is 6.20. The van der Waals surface area contributed by atoms with Crippen molar-refractivity contribution in [2.45, 2.75) is 26.7 Å². The predicted molar refractivity (Wildman–Crippen MR) is 81.6 cm³/mol. The normalized spacial score (nSPS) is 11.4. The largest absolute Gasteiger partial charge is 0.396 e. The first-order chi connectivity index (χ1) is 8.87. The van der Waals surface area contributed by atoms with Crippen molar-refractivity contribution in [3.8, 4) is 0 Å². The van der Waals surface area contributed by atoms with Crippen LogP contribution in [0.5, 0.6) is 0 Å². The maximum atomic E-state index is 11.9. The smallest absolute Gasteiger partial charge is 0.252 e. The molecule has 0 aliphatic rings. The summed E-state index contributed by atoms with van der Waals surface area (Å²) >= 11 is 9.35. The van der Waals surface area contributed by atoms with Gasteiger partial charge < -0.3 is 10.4 Å². The summed E-state index contributed by atoms with van der Waals surface area (Å²) in [6.45, 7) is 4.73. The fourth-order valence-corrected chi connectivity index (χ4v) is 2.20. The van der Waals surface area contributed by atoms with Gasteiger partial charge in [-0.25, -0.2) is 0 Å². The van der Waals surface area contributed by atoms with Crippen molar-refractivity contribution in [3.05, 3.63) is 33.3 Å². The van der Waals surface area contributed by atoms with Crippen LogP contribution in [0.2, 0.25) is 5.02 Å². The molecule has 0 atom stereocenters. The molecule has 0 aliphatic heterocycles. The standard InChI is InChI=1S/C14H19BrClNO2/c1-14(2,9-18)7-4-8-17-13(19)10-5-3-6-11(15)12(10)16/h3,5-6,18H,4,7-9H2,1-2H3,(H,17,19). The molecule has 1 aromatic rings. The van der Waals surface area contributed by atoms with Gasteiger partial charge in [-0.1, -0.05) is 31.5 Å². The van der Waals surface area contributed by atoms with Crippen LogP contribution in [-0.4, -0.2) is 24.2 Å². The predicted octanol–water partition coefficient (Wildman–Crippen LogP) is 3.63. The molecule has 1 rings (SSSR count). The van der Waals surface area contributed by atoms with Gasteiger partial charge in [0.2, 0.25) is 0 Å². The third kappa shape index (κ3) is 5.13. The molecule has 0 fully saturated rings. The Balaban J connectivity index is 2.46. The summed E-state index contributed by atoms with van der Waals surface area (Å²) in [4.78, 5) is 11.9. The molecule has 5 heteroatoms. The molecule has 3 nitrogen and oxygen atoms in total. The number of hydrogen-bond acceptors (Lipinski definition) is 2. The molecule has 0 aliphatic carbocycles. The Kier molecular flexibility index (Phi) is 6.30. The number of aliphatic hydroxyl groups is 1. The van der Waals surface area contributed by atoms with Gasteiger partial charge in [0.05, 0.1) is 10.6 Å². The number of amides is 1. The summed E-state index contributed by atoms with van der Waals surface area (Å²) in [7, 11) is 0. The lowest BCUT2D eigenvalue weighted by molar-refractivity contribution is 0.0948. The van der Waals surface area contributed by atoms with E-state index in [0.717, 1.165) is 12.8 Å². The average Bonchev–Trinajstić information content (AvgIpc) is 2.37. The van der Waals surface area contributed by atoms with Crippen molar-refractivity contribution in [1.82, 2.24) is 5.32 Å². The van der Waals surface area contributed by atoms with E-state index in [-0.39, 0.29) is 17.9 Å². The molecule has 0 spiro atoms. The molecule has 0 radical (unpaired) electrons. The monoisotopic (exact) mass is 347 g/mol. The Morgan fingerprint density at radius 2 is 2.16 bits per heavy atom. The number of hydrogen-bond donors (Lipinski definition) is 2. The van der Waals surface area contributed by atoms with Crippen molar-refractivity contribution >= 4 is 33.4 Å². The van der Waals surface area contributed by atoms with Crippen LogP contribution in [0.3, 0.4) is 0 Å². The molecule has 0 aromatic heterocycles. The highest BCUT2D eigenvalue weighted by Gasteiger charge is 2.16. The fourth-order valence-electron chi connectivity index (χ4n) is 1.62. The fraction of sp³-hybridized carbons (Fsp3) is 0.500. The maximum absolute atomic E-state index is 11.9. The van der Waals surface area contributed by atoms with Crippen LogP contribution in [0.25, 0.3) is 0 Å². The topological polar surface area (TPSA) is 49.3 Å². The second kappa shape index (κ2) is 7.27. The summed E-state index contributed by atoms with van der Waals surface area (Å²) in [6, 6.07) is 5.27. The Labute approximate surface area is 127 Å². The molecule has 106 valence electrons. The van der Waals surface area contributed by atoms with Crippen molar-refractivity contribution in [2.75, 3.05) is 13.2 Å². The second-order valence-electron chi connectivity index (χ2n) is 5.28. The summed E-state index contributed by atoms with van der Waals surface area (Å²) in [5.74, 6) is -0.173. The molecule has 0 saturated heterocycles. The van der Waals surface area contributed by atoms with Gasteiger partial charge in [0.25, 0.3) is 5.91 Å². The molecule has 19 heavy (non-hydrogen) atoms. The van der Waals surface area contributed by atoms with E-state index in [1.807, 2.05) is 13.8 Å². The highest BCUT2D eigenvalue weighted by Crippen LogP contribution is 2.26. The average molecular weight is 349 g/mol. The lowest BCUT2D eigenvalue weighted by atomic mass is 9.89. The van der Waals surface area contributed by atoms with Gasteiger partial charge in [-0.2, -0.15) is 0 Å². The van der Waals surface area contributed by atoms with E-state index in [1.54, 1.807) is 18.2 Å². The van der Waals surface area contributed by atoms with E-state index >= 15 is 0 Å². The van der Waals surface area contributed by atoms with E-state index in [2.05, 4.69) is 21.2 Å². The Bertz CT molecular complexity index is 449. The van der Waals surface area contributed by atoms with Gasteiger partial charge in [0, 0.05) is 17.6 Å². The quantitative estimate of drug-likeness (QED) is 0.771. The summed E-state index contributed by atoms with van der Waals surface area (Å²) in [5.41, 5.74) is 0.371. The van der Waals surface area contributed by atoms with E-state index in [0.29, 0.717) is 21.6 Å². The third-order valence-corrected chi connectivity index (χ3v) is 4.24. The van der Waals surface area contributed by atoms with Gasteiger partial charge in [-0.15, -0.1) is 0 Å². The van der Waals surface area contributed by atoms with Crippen LogP contribution in [0.15, 0.2) is 22.7 Å². The van der Waals surface area contributed by atoms with Crippen LogP contribution >= 0.6 is 27.5 Å². The number of nitrogens with one attached hydrogen (secondary N) is 1. The lowest BCUT2D eigenvalue weighted by Crippen LogP contribution is -2.26. The van der Waals surface area contributed by atoms with Crippen LogP contribution in [-0.2, 0) is 0 Å². The van der Waals surface area contributed by atoms with Crippen molar-refractivity contribution in [1.29, 1.82) is 0 Å². The number of rotatable bonds is 6. The molecule has 0 saturated carbocycles. The lowest BCUT2D eigenvalue weighted by Gasteiger charge is -2.21. The highest BCUT2D eigenvalue weighted by molar-refractivity contribution is 9.10. The van der Waals surface area contributed by atoms with Gasteiger partial charge in [-0.3, -0.25) is 4.79 Å². The number of carbonyl (C=O) groups excluding carboxylic acids is 1. The molecule has 0 unspecified atom stereocenters. The third-order valence-electron chi connectivity index (χ3n) is 2.94. The Hall–Kier alpha value is -0.580. The SMILES string of the molecule is CC(C)(CO)CCCNC(=O)c1cccc(Br)c1Cl. The molecule has 0 bridgehead atoms. The molecular weight excluding hydrogens is 330 g/mol. The zero-order valence-electron chi connectivity index (χ0n) is 11.2.